The summed E-state index contributed by atoms with van der Waals surface area (Å²) in [5, 5.41) is 3.90. The Labute approximate surface area is 153 Å². The first-order valence-electron chi connectivity index (χ1n) is 7.49. The number of hydrogen-bond acceptors (Lipinski definition) is 3. The largest absolute Gasteiger partial charge is 0.298 e. The fourth-order valence-corrected chi connectivity index (χ4v) is 3.28. The molecule has 0 saturated carbocycles. The lowest BCUT2D eigenvalue weighted by Gasteiger charge is -1.99. The molecule has 3 aromatic rings. The SMILES string of the molecule is Cc1sc(NC(=O)C=Cc2ccc(F)cc2)nc1-c1cccc(Cl)c1. The minimum Gasteiger partial charge on any atom is -0.298 e. The monoisotopic (exact) mass is 372 g/mol. The lowest BCUT2D eigenvalue weighted by Crippen LogP contribution is -2.07. The highest BCUT2D eigenvalue weighted by atomic mass is 35.5. The van der Waals surface area contributed by atoms with Gasteiger partial charge in [0.05, 0.1) is 5.69 Å². The maximum atomic E-state index is 12.9. The van der Waals surface area contributed by atoms with Crippen LogP contribution < -0.4 is 5.32 Å². The smallest absolute Gasteiger partial charge is 0.250 e. The Morgan fingerprint density at radius 3 is 2.72 bits per heavy atom. The van der Waals surface area contributed by atoms with Crippen molar-refractivity contribution in [3.63, 3.8) is 0 Å². The molecule has 3 rings (SSSR count). The lowest BCUT2D eigenvalue weighted by atomic mass is 10.1. The van der Waals surface area contributed by atoms with Crippen molar-refractivity contribution in [3.05, 3.63) is 75.9 Å². The second-order valence-corrected chi connectivity index (χ2v) is 6.95. The van der Waals surface area contributed by atoms with Crippen LogP contribution in [0.4, 0.5) is 9.52 Å². The summed E-state index contributed by atoms with van der Waals surface area (Å²) < 4.78 is 12.9. The molecule has 1 heterocycles. The highest BCUT2D eigenvalue weighted by molar-refractivity contribution is 7.16. The molecule has 0 saturated heterocycles. The molecule has 0 fully saturated rings. The number of carbonyl (C=O) groups excluding carboxylic acids is 1. The highest BCUT2D eigenvalue weighted by Gasteiger charge is 2.11. The zero-order valence-corrected chi connectivity index (χ0v) is 14.9. The van der Waals surface area contributed by atoms with Gasteiger partial charge >= 0.3 is 0 Å². The van der Waals surface area contributed by atoms with E-state index in [9.17, 15) is 9.18 Å². The molecule has 0 spiro atoms. The summed E-state index contributed by atoms with van der Waals surface area (Å²) in [7, 11) is 0. The molecule has 1 aromatic heterocycles. The zero-order chi connectivity index (χ0) is 17.8. The molecule has 0 unspecified atom stereocenters. The van der Waals surface area contributed by atoms with E-state index >= 15 is 0 Å². The summed E-state index contributed by atoms with van der Waals surface area (Å²) in [6, 6.07) is 13.3. The van der Waals surface area contributed by atoms with Crippen LogP contribution in [0, 0.1) is 12.7 Å². The van der Waals surface area contributed by atoms with E-state index in [-0.39, 0.29) is 11.7 Å². The van der Waals surface area contributed by atoms with Crippen LogP contribution in [-0.4, -0.2) is 10.9 Å². The van der Waals surface area contributed by atoms with E-state index in [1.165, 1.54) is 29.5 Å². The van der Waals surface area contributed by atoms with Crippen LogP contribution in [0.2, 0.25) is 5.02 Å². The molecule has 0 aliphatic carbocycles. The van der Waals surface area contributed by atoms with Crippen molar-refractivity contribution in [2.45, 2.75) is 6.92 Å². The topological polar surface area (TPSA) is 42.0 Å². The Kier molecular flexibility index (Phi) is 5.26. The lowest BCUT2D eigenvalue weighted by molar-refractivity contribution is -0.111. The summed E-state index contributed by atoms with van der Waals surface area (Å²) in [5.41, 5.74) is 2.44. The quantitative estimate of drug-likeness (QED) is 0.609. The van der Waals surface area contributed by atoms with Gasteiger partial charge in [0.15, 0.2) is 5.13 Å². The Bertz CT molecular complexity index is 935. The van der Waals surface area contributed by atoms with Crippen molar-refractivity contribution in [2.75, 3.05) is 5.32 Å². The number of carbonyl (C=O) groups is 1. The molecule has 2 aromatic carbocycles. The molecule has 25 heavy (non-hydrogen) atoms. The average Bonchev–Trinajstić information content (AvgIpc) is 2.94. The number of nitrogens with one attached hydrogen (secondary N) is 1. The van der Waals surface area contributed by atoms with Crippen LogP contribution in [0.3, 0.4) is 0 Å². The molecular formula is C19H14ClFN2OS. The summed E-state index contributed by atoms with van der Waals surface area (Å²) in [4.78, 5) is 17.5. The fraction of sp³-hybridized carbons (Fsp3) is 0.0526. The van der Waals surface area contributed by atoms with Gasteiger partial charge in [-0.1, -0.05) is 35.9 Å². The second-order valence-electron chi connectivity index (χ2n) is 5.31. The van der Waals surface area contributed by atoms with Gasteiger partial charge in [-0.3, -0.25) is 10.1 Å². The Morgan fingerprint density at radius 2 is 2.00 bits per heavy atom. The van der Waals surface area contributed by atoms with Crippen molar-refractivity contribution in [1.82, 2.24) is 4.98 Å². The number of hydrogen-bond donors (Lipinski definition) is 1. The first kappa shape index (κ1) is 17.3. The highest BCUT2D eigenvalue weighted by Crippen LogP contribution is 2.31. The molecule has 1 amide bonds. The van der Waals surface area contributed by atoms with Crippen molar-refractivity contribution in [2.24, 2.45) is 0 Å². The first-order chi connectivity index (χ1) is 12.0. The van der Waals surface area contributed by atoms with Gasteiger partial charge in [-0.25, -0.2) is 9.37 Å². The maximum absolute atomic E-state index is 12.9. The number of rotatable bonds is 4. The van der Waals surface area contributed by atoms with Gasteiger partial charge in [-0.05, 0) is 42.8 Å². The van der Waals surface area contributed by atoms with Gasteiger partial charge in [-0.15, -0.1) is 11.3 Å². The number of amides is 1. The normalized spacial score (nSPS) is 11.0. The Hall–Kier alpha value is -2.50. The molecule has 6 heteroatoms. The zero-order valence-electron chi connectivity index (χ0n) is 13.3. The summed E-state index contributed by atoms with van der Waals surface area (Å²) in [6.45, 7) is 1.94. The summed E-state index contributed by atoms with van der Waals surface area (Å²) in [5.74, 6) is -0.607. The van der Waals surface area contributed by atoms with Gasteiger partial charge < -0.3 is 0 Å². The van der Waals surface area contributed by atoms with Crippen LogP contribution in [-0.2, 0) is 4.79 Å². The van der Waals surface area contributed by atoms with E-state index < -0.39 is 0 Å². The minimum atomic E-state index is -0.312. The third kappa shape index (κ3) is 4.53. The Balaban J connectivity index is 1.72. The van der Waals surface area contributed by atoms with Crippen LogP contribution in [0.1, 0.15) is 10.4 Å². The number of aromatic nitrogens is 1. The van der Waals surface area contributed by atoms with Gasteiger partial charge in [0, 0.05) is 21.5 Å². The van der Waals surface area contributed by atoms with Crippen LogP contribution in [0.5, 0.6) is 0 Å². The van der Waals surface area contributed by atoms with E-state index in [4.69, 9.17) is 11.6 Å². The predicted molar refractivity (Wildman–Crippen MR) is 101 cm³/mol. The standard InChI is InChI=1S/C19H14ClFN2OS/c1-12-18(14-3-2-4-15(20)11-14)23-19(25-12)22-17(24)10-7-13-5-8-16(21)9-6-13/h2-11H,1H3,(H,22,23,24). The molecule has 126 valence electrons. The van der Waals surface area contributed by atoms with Gasteiger partial charge in [0.2, 0.25) is 5.91 Å². The number of aryl methyl sites for hydroxylation is 1. The molecule has 0 atom stereocenters. The van der Waals surface area contributed by atoms with E-state index in [1.807, 2.05) is 25.1 Å². The van der Waals surface area contributed by atoms with Gasteiger partial charge in [-0.2, -0.15) is 0 Å². The molecule has 0 aliphatic heterocycles. The van der Waals surface area contributed by atoms with E-state index in [2.05, 4.69) is 10.3 Å². The van der Waals surface area contributed by atoms with Crippen LogP contribution in [0.25, 0.3) is 17.3 Å². The third-order valence-electron chi connectivity index (χ3n) is 3.42. The number of halogens is 2. The number of nitrogens with zero attached hydrogens (tertiary/aromatic N) is 1. The van der Waals surface area contributed by atoms with Crippen molar-refractivity contribution >= 4 is 40.1 Å². The first-order valence-corrected chi connectivity index (χ1v) is 8.69. The fourth-order valence-electron chi connectivity index (χ4n) is 2.25. The van der Waals surface area contributed by atoms with Gasteiger partial charge in [0.1, 0.15) is 5.82 Å². The predicted octanol–water partition coefficient (Wildman–Crippen LogP) is 5.56. The van der Waals surface area contributed by atoms with Crippen molar-refractivity contribution in [3.8, 4) is 11.3 Å². The molecule has 0 bridgehead atoms. The number of anilines is 1. The Morgan fingerprint density at radius 1 is 1.24 bits per heavy atom. The van der Waals surface area contributed by atoms with E-state index in [0.29, 0.717) is 10.2 Å². The average molecular weight is 373 g/mol. The third-order valence-corrected chi connectivity index (χ3v) is 4.54. The van der Waals surface area contributed by atoms with Crippen molar-refractivity contribution < 1.29 is 9.18 Å². The molecule has 0 radical (unpaired) electrons. The number of benzene rings is 2. The minimum absolute atomic E-state index is 0.296. The summed E-state index contributed by atoms with van der Waals surface area (Å²) in [6.07, 6.45) is 3.01. The van der Waals surface area contributed by atoms with Crippen molar-refractivity contribution in [1.29, 1.82) is 0 Å². The van der Waals surface area contributed by atoms with Crippen LogP contribution in [0.15, 0.2) is 54.6 Å². The van der Waals surface area contributed by atoms with E-state index in [1.54, 1.807) is 24.3 Å². The maximum Gasteiger partial charge on any atom is 0.250 e. The van der Waals surface area contributed by atoms with E-state index in [0.717, 1.165) is 21.7 Å². The second kappa shape index (κ2) is 7.59. The number of thiazole rings is 1. The molecule has 3 nitrogen and oxygen atoms in total. The molecular weight excluding hydrogens is 359 g/mol. The van der Waals surface area contributed by atoms with Crippen LogP contribution >= 0.6 is 22.9 Å². The summed E-state index contributed by atoms with van der Waals surface area (Å²) >= 11 is 7.42. The molecule has 0 aliphatic rings. The van der Waals surface area contributed by atoms with Gasteiger partial charge in [0.25, 0.3) is 0 Å². The molecule has 1 N–H and O–H groups in total.